The van der Waals surface area contributed by atoms with Crippen molar-refractivity contribution in [2.75, 3.05) is 31.1 Å². The smallest absolute Gasteiger partial charge is 0.221 e. The Morgan fingerprint density at radius 2 is 1.59 bits per heavy atom. The Bertz CT molecular complexity index is 1300. The molecule has 166 valence electrons. The fraction of sp³-hybridized carbons (Fsp3) is 0.174. The zero-order valence-corrected chi connectivity index (χ0v) is 18.8. The highest BCUT2D eigenvalue weighted by molar-refractivity contribution is 7.91. The van der Waals surface area contributed by atoms with Crippen molar-refractivity contribution < 1.29 is 13.2 Å². The molecule has 1 aliphatic heterocycles. The molecule has 0 saturated carbocycles. The number of rotatable bonds is 5. The van der Waals surface area contributed by atoms with E-state index < -0.39 is 9.84 Å². The van der Waals surface area contributed by atoms with Crippen molar-refractivity contribution in [3.05, 3.63) is 72.9 Å². The maximum Gasteiger partial charge on any atom is 0.221 e. The van der Waals surface area contributed by atoms with Crippen molar-refractivity contribution in [3.63, 3.8) is 0 Å². The topological polar surface area (TPSA) is 87.3 Å². The molecule has 9 heteroatoms. The third-order valence-corrected chi connectivity index (χ3v) is 7.01. The Morgan fingerprint density at radius 1 is 0.906 bits per heavy atom. The summed E-state index contributed by atoms with van der Waals surface area (Å²) in [5, 5.41) is 4.29. The van der Waals surface area contributed by atoms with Gasteiger partial charge in [0.25, 0.3) is 0 Å². The molecular formula is C23H23ClN4O3S. The van der Waals surface area contributed by atoms with E-state index in [1.54, 1.807) is 42.6 Å². The molecule has 0 atom stereocenters. The molecule has 1 aliphatic rings. The van der Waals surface area contributed by atoms with Crippen LogP contribution in [0.4, 0.5) is 5.82 Å². The number of pyridine rings is 1. The van der Waals surface area contributed by atoms with Crippen LogP contribution >= 0.6 is 12.4 Å². The minimum atomic E-state index is -3.71. The number of halogens is 1. The fourth-order valence-electron chi connectivity index (χ4n) is 3.73. The highest BCUT2D eigenvalue weighted by Gasteiger charge is 2.23. The van der Waals surface area contributed by atoms with Crippen LogP contribution < -0.4 is 15.0 Å². The van der Waals surface area contributed by atoms with Crippen LogP contribution in [0.1, 0.15) is 0 Å². The Hall–Kier alpha value is -3.07. The van der Waals surface area contributed by atoms with Crippen LogP contribution in [-0.4, -0.2) is 44.6 Å². The van der Waals surface area contributed by atoms with Crippen LogP contribution in [0.2, 0.25) is 0 Å². The van der Waals surface area contributed by atoms with E-state index in [0.29, 0.717) is 11.5 Å². The minimum Gasteiger partial charge on any atom is -0.457 e. The number of aromatic amines is 1. The van der Waals surface area contributed by atoms with Crippen molar-refractivity contribution in [2.24, 2.45) is 0 Å². The minimum absolute atomic E-state index is 0. The number of anilines is 1. The summed E-state index contributed by atoms with van der Waals surface area (Å²) in [6.07, 6.45) is 1.71. The highest BCUT2D eigenvalue weighted by atomic mass is 35.5. The Morgan fingerprint density at radius 3 is 2.31 bits per heavy atom. The van der Waals surface area contributed by atoms with Gasteiger partial charge in [-0.25, -0.2) is 13.4 Å². The fourth-order valence-corrected chi connectivity index (χ4v) is 4.99. The van der Waals surface area contributed by atoms with Crippen molar-refractivity contribution in [3.8, 4) is 11.5 Å². The average Bonchev–Trinajstić information content (AvgIpc) is 3.26. The van der Waals surface area contributed by atoms with E-state index >= 15 is 0 Å². The lowest BCUT2D eigenvalue weighted by Crippen LogP contribution is -2.43. The van der Waals surface area contributed by atoms with Gasteiger partial charge in [0.15, 0.2) is 0 Å². The van der Waals surface area contributed by atoms with Crippen molar-refractivity contribution in [2.45, 2.75) is 9.92 Å². The Labute approximate surface area is 192 Å². The van der Waals surface area contributed by atoms with Gasteiger partial charge in [0.2, 0.25) is 9.84 Å². The maximum atomic E-state index is 13.2. The molecule has 3 heterocycles. The summed E-state index contributed by atoms with van der Waals surface area (Å²) in [5.41, 5.74) is 0.756. The second-order valence-corrected chi connectivity index (χ2v) is 9.27. The molecule has 2 aromatic carbocycles. The molecule has 1 fully saturated rings. The number of ether oxygens (including phenoxy) is 1. The van der Waals surface area contributed by atoms with Gasteiger partial charge in [0.1, 0.15) is 22.3 Å². The van der Waals surface area contributed by atoms with Gasteiger partial charge in [0.05, 0.1) is 10.4 Å². The lowest BCUT2D eigenvalue weighted by Gasteiger charge is -2.28. The van der Waals surface area contributed by atoms with Gasteiger partial charge < -0.3 is 19.9 Å². The predicted molar refractivity (Wildman–Crippen MR) is 127 cm³/mol. The van der Waals surface area contributed by atoms with Gasteiger partial charge in [-0.05, 0) is 48.5 Å². The second-order valence-electron chi connectivity index (χ2n) is 7.36. The molecule has 5 rings (SSSR count). The van der Waals surface area contributed by atoms with E-state index in [9.17, 15) is 8.42 Å². The maximum absolute atomic E-state index is 13.2. The van der Waals surface area contributed by atoms with E-state index in [4.69, 9.17) is 4.74 Å². The lowest BCUT2D eigenvalue weighted by molar-refractivity contribution is 0.482. The number of para-hydroxylation sites is 1. The molecule has 7 nitrogen and oxygen atoms in total. The first-order chi connectivity index (χ1) is 15.1. The molecule has 0 aliphatic carbocycles. The van der Waals surface area contributed by atoms with E-state index in [2.05, 4.69) is 20.2 Å². The molecule has 2 N–H and O–H groups in total. The monoisotopic (exact) mass is 470 g/mol. The van der Waals surface area contributed by atoms with Crippen LogP contribution in [0, 0.1) is 0 Å². The van der Waals surface area contributed by atoms with Gasteiger partial charge in [0, 0.05) is 37.8 Å². The summed E-state index contributed by atoms with van der Waals surface area (Å²) < 4.78 is 32.3. The quantitative estimate of drug-likeness (QED) is 0.458. The van der Waals surface area contributed by atoms with E-state index in [0.717, 1.165) is 42.9 Å². The number of sulfone groups is 1. The van der Waals surface area contributed by atoms with Gasteiger partial charge in [-0.3, -0.25) is 0 Å². The first kappa shape index (κ1) is 22.1. The molecular weight excluding hydrogens is 448 g/mol. The first-order valence-corrected chi connectivity index (χ1v) is 11.6. The highest BCUT2D eigenvalue weighted by Crippen LogP contribution is 2.31. The summed E-state index contributed by atoms with van der Waals surface area (Å²) in [5.74, 6) is 2.08. The molecule has 0 radical (unpaired) electrons. The molecule has 0 unspecified atom stereocenters. The van der Waals surface area contributed by atoms with Crippen molar-refractivity contribution >= 4 is 39.0 Å². The van der Waals surface area contributed by atoms with Gasteiger partial charge >= 0.3 is 0 Å². The van der Waals surface area contributed by atoms with Crippen LogP contribution in [0.5, 0.6) is 11.5 Å². The van der Waals surface area contributed by atoms with Crippen molar-refractivity contribution in [1.82, 2.24) is 15.3 Å². The zero-order chi connectivity index (χ0) is 21.3. The SMILES string of the molecule is Cl.O=S(=O)(c1ccc(Oc2ccccc2)cc1)c1cc2c(N3CCNCC3)nccc2[nH]1. The number of piperazine rings is 1. The predicted octanol–water partition coefficient (Wildman–Crippen LogP) is 4.02. The summed E-state index contributed by atoms with van der Waals surface area (Å²) in [4.78, 5) is 9.97. The van der Waals surface area contributed by atoms with E-state index in [1.165, 1.54) is 0 Å². The third kappa shape index (κ3) is 4.29. The third-order valence-electron chi connectivity index (χ3n) is 5.32. The summed E-state index contributed by atoms with van der Waals surface area (Å²) in [6, 6.07) is 19.3. The van der Waals surface area contributed by atoms with Crippen LogP contribution in [0.25, 0.3) is 10.9 Å². The van der Waals surface area contributed by atoms with Gasteiger partial charge in [-0.15, -0.1) is 12.4 Å². The molecule has 0 amide bonds. The number of fused-ring (bicyclic) bond motifs is 1. The van der Waals surface area contributed by atoms with E-state index in [-0.39, 0.29) is 22.3 Å². The van der Waals surface area contributed by atoms with Gasteiger partial charge in [-0.2, -0.15) is 0 Å². The standard InChI is InChI=1S/C23H22N4O3S.ClH/c28-31(29,19-8-6-18(7-9-19)30-17-4-2-1-3-5-17)22-16-20-21(26-22)10-11-25-23(20)27-14-12-24-13-15-27;/h1-11,16,24,26H,12-15H2;1H. The summed E-state index contributed by atoms with van der Waals surface area (Å²) in [6.45, 7) is 3.43. The van der Waals surface area contributed by atoms with Crippen LogP contribution in [0.15, 0.2) is 82.8 Å². The molecule has 1 saturated heterocycles. The van der Waals surface area contributed by atoms with Crippen LogP contribution in [-0.2, 0) is 9.84 Å². The lowest BCUT2D eigenvalue weighted by atomic mass is 10.2. The molecule has 0 spiro atoms. The summed E-state index contributed by atoms with van der Waals surface area (Å²) in [7, 11) is -3.71. The molecule has 0 bridgehead atoms. The second kappa shape index (κ2) is 9.20. The number of hydrogen-bond donors (Lipinski definition) is 2. The van der Waals surface area contributed by atoms with Crippen molar-refractivity contribution in [1.29, 1.82) is 0 Å². The largest absolute Gasteiger partial charge is 0.457 e. The summed E-state index contributed by atoms with van der Waals surface area (Å²) >= 11 is 0. The normalized spacial score (nSPS) is 14.2. The average molecular weight is 471 g/mol. The number of aromatic nitrogens is 2. The first-order valence-electron chi connectivity index (χ1n) is 10.1. The number of nitrogens with one attached hydrogen (secondary N) is 2. The number of nitrogens with zero attached hydrogens (tertiary/aromatic N) is 2. The molecule has 32 heavy (non-hydrogen) atoms. The number of benzene rings is 2. The molecule has 4 aromatic rings. The Balaban J connectivity index is 0.00000245. The number of hydrogen-bond acceptors (Lipinski definition) is 6. The number of H-pyrrole nitrogens is 1. The van der Waals surface area contributed by atoms with Gasteiger partial charge in [-0.1, -0.05) is 18.2 Å². The molecule has 2 aromatic heterocycles. The van der Waals surface area contributed by atoms with E-state index in [1.807, 2.05) is 30.3 Å². The zero-order valence-electron chi connectivity index (χ0n) is 17.2. The van der Waals surface area contributed by atoms with Crippen LogP contribution in [0.3, 0.4) is 0 Å². The Kier molecular flexibility index (Phi) is 6.36.